The fraction of sp³-hybridized carbons (Fsp3) is 0.467. The number of rotatable bonds is 5. The largest absolute Gasteiger partial charge is 0.465 e. The first-order chi connectivity index (χ1) is 9.43. The lowest BCUT2D eigenvalue weighted by Crippen LogP contribution is -2.42. The Kier molecular flexibility index (Phi) is 6.03. The highest BCUT2D eigenvalue weighted by Gasteiger charge is 2.10. The lowest BCUT2D eigenvalue weighted by atomic mass is 10.1. The zero-order chi connectivity index (χ0) is 15.1. The number of urea groups is 1. The van der Waals surface area contributed by atoms with Crippen molar-refractivity contribution in [3.8, 4) is 0 Å². The van der Waals surface area contributed by atoms with Crippen LogP contribution in [-0.2, 0) is 11.3 Å². The van der Waals surface area contributed by atoms with Crippen LogP contribution in [0.15, 0.2) is 24.3 Å². The van der Waals surface area contributed by atoms with Gasteiger partial charge < -0.3 is 15.4 Å². The van der Waals surface area contributed by atoms with E-state index in [9.17, 15) is 9.59 Å². The summed E-state index contributed by atoms with van der Waals surface area (Å²) in [5, 5.41) is 5.65. The molecule has 1 aromatic carbocycles. The van der Waals surface area contributed by atoms with Crippen LogP contribution in [0.25, 0.3) is 0 Å². The predicted molar refractivity (Wildman–Crippen MR) is 77.5 cm³/mol. The van der Waals surface area contributed by atoms with Gasteiger partial charge in [0.1, 0.15) is 0 Å². The highest BCUT2D eigenvalue weighted by atomic mass is 16.5. The maximum absolute atomic E-state index is 11.7. The first-order valence-electron chi connectivity index (χ1n) is 6.65. The predicted octanol–water partition coefficient (Wildman–Crippen LogP) is 2.32. The molecule has 0 aromatic heterocycles. The molecule has 110 valence electrons. The lowest BCUT2D eigenvalue weighted by molar-refractivity contribution is 0.0600. The molecule has 0 saturated carbocycles. The standard InChI is InChI=1S/C15H22N2O3/c1-10(2)11(3)17-15(19)16-9-12-5-7-13(8-6-12)14(18)20-4/h5-8,10-11H,9H2,1-4H3,(H2,16,17,19). The summed E-state index contributed by atoms with van der Waals surface area (Å²) in [6.07, 6.45) is 0. The van der Waals surface area contributed by atoms with Crippen LogP contribution in [0.2, 0.25) is 0 Å². The van der Waals surface area contributed by atoms with E-state index in [1.807, 2.05) is 6.92 Å². The van der Waals surface area contributed by atoms with Gasteiger partial charge in [-0.15, -0.1) is 0 Å². The van der Waals surface area contributed by atoms with E-state index in [0.717, 1.165) is 5.56 Å². The molecule has 2 amide bonds. The van der Waals surface area contributed by atoms with Crippen molar-refractivity contribution in [2.45, 2.75) is 33.4 Å². The number of benzene rings is 1. The van der Waals surface area contributed by atoms with Gasteiger partial charge in [0.05, 0.1) is 12.7 Å². The average molecular weight is 278 g/mol. The fourth-order valence-electron chi connectivity index (χ4n) is 1.48. The van der Waals surface area contributed by atoms with Gasteiger partial charge in [0, 0.05) is 12.6 Å². The summed E-state index contributed by atoms with van der Waals surface area (Å²) < 4.78 is 4.62. The van der Waals surface area contributed by atoms with Crippen LogP contribution < -0.4 is 10.6 Å². The third-order valence-electron chi connectivity index (χ3n) is 3.19. The molecule has 1 atom stereocenters. The van der Waals surface area contributed by atoms with Gasteiger partial charge in [-0.25, -0.2) is 9.59 Å². The highest BCUT2D eigenvalue weighted by molar-refractivity contribution is 5.89. The molecule has 0 bridgehead atoms. The maximum atomic E-state index is 11.7. The summed E-state index contributed by atoms with van der Waals surface area (Å²) >= 11 is 0. The Hall–Kier alpha value is -2.04. The molecule has 1 aromatic rings. The van der Waals surface area contributed by atoms with Gasteiger partial charge in [-0.3, -0.25) is 0 Å². The van der Waals surface area contributed by atoms with E-state index >= 15 is 0 Å². The van der Waals surface area contributed by atoms with E-state index in [1.54, 1.807) is 24.3 Å². The number of nitrogens with one attached hydrogen (secondary N) is 2. The van der Waals surface area contributed by atoms with Crippen molar-refractivity contribution in [2.75, 3.05) is 7.11 Å². The van der Waals surface area contributed by atoms with E-state index in [0.29, 0.717) is 18.0 Å². The Bertz CT molecular complexity index is 455. The van der Waals surface area contributed by atoms with Crippen molar-refractivity contribution in [3.05, 3.63) is 35.4 Å². The molecule has 0 aliphatic carbocycles. The molecule has 0 aliphatic rings. The number of carbonyl (C=O) groups excluding carboxylic acids is 2. The molecule has 0 aliphatic heterocycles. The van der Waals surface area contributed by atoms with Crippen molar-refractivity contribution in [2.24, 2.45) is 5.92 Å². The quantitative estimate of drug-likeness (QED) is 0.812. The van der Waals surface area contributed by atoms with Gasteiger partial charge in [-0.1, -0.05) is 26.0 Å². The summed E-state index contributed by atoms with van der Waals surface area (Å²) in [7, 11) is 1.35. The number of carbonyl (C=O) groups is 2. The van der Waals surface area contributed by atoms with E-state index < -0.39 is 0 Å². The summed E-state index contributed by atoms with van der Waals surface area (Å²) in [4.78, 5) is 22.9. The van der Waals surface area contributed by atoms with E-state index in [-0.39, 0.29) is 18.0 Å². The van der Waals surface area contributed by atoms with E-state index in [4.69, 9.17) is 0 Å². The Morgan fingerprint density at radius 2 is 1.75 bits per heavy atom. The Labute approximate surface area is 119 Å². The van der Waals surface area contributed by atoms with Gasteiger partial charge >= 0.3 is 12.0 Å². The smallest absolute Gasteiger partial charge is 0.337 e. The zero-order valence-electron chi connectivity index (χ0n) is 12.4. The van der Waals surface area contributed by atoms with Crippen molar-refractivity contribution in [3.63, 3.8) is 0 Å². The van der Waals surface area contributed by atoms with Gasteiger partial charge in [0.2, 0.25) is 0 Å². The minimum atomic E-state index is -0.368. The molecule has 0 heterocycles. The average Bonchev–Trinajstić information content (AvgIpc) is 2.44. The van der Waals surface area contributed by atoms with Crippen LogP contribution in [0, 0.1) is 5.92 Å². The molecular weight excluding hydrogens is 256 g/mol. The minimum absolute atomic E-state index is 0.122. The van der Waals surface area contributed by atoms with Crippen molar-refractivity contribution in [1.82, 2.24) is 10.6 Å². The van der Waals surface area contributed by atoms with E-state index in [1.165, 1.54) is 7.11 Å². The molecule has 0 radical (unpaired) electrons. The molecular formula is C15H22N2O3. The van der Waals surface area contributed by atoms with Crippen molar-refractivity contribution >= 4 is 12.0 Å². The van der Waals surface area contributed by atoms with Crippen LogP contribution in [0.4, 0.5) is 4.79 Å². The Morgan fingerprint density at radius 3 is 2.25 bits per heavy atom. The lowest BCUT2D eigenvalue weighted by Gasteiger charge is -2.17. The molecule has 2 N–H and O–H groups in total. The molecule has 5 nitrogen and oxygen atoms in total. The fourth-order valence-corrected chi connectivity index (χ4v) is 1.48. The second kappa shape index (κ2) is 7.53. The molecule has 1 unspecified atom stereocenters. The second-order valence-corrected chi connectivity index (χ2v) is 5.05. The highest BCUT2D eigenvalue weighted by Crippen LogP contribution is 2.05. The number of hydrogen-bond donors (Lipinski definition) is 2. The van der Waals surface area contributed by atoms with Crippen LogP contribution in [0.1, 0.15) is 36.7 Å². The topological polar surface area (TPSA) is 67.4 Å². The normalized spacial score (nSPS) is 11.8. The van der Waals surface area contributed by atoms with Gasteiger partial charge in [0.25, 0.3) is 0 Å². The first-order valence-corrected chi connectivity index (χ1v) is 6.65. The third kappa shape index (κ3) is 4.91. The monoisotopic (exact) mass is 278 g/mol. The van der Waals surface area contributed by atoms with Gasteiger partial charge in [0.15, 0.2) is 0 Å². The summed E-state index contributed by atoms with van der Waals surface area (Å²) in [6.45, 7) is 6.49. The van der Waals surface area contributed by atoms with Crippen LogP contribution in [0.5, 0.6) is 0 Å². The third-order valence-corrected chi connectivity index (χ3v) is 3.19. The number of hydrogen-bond acceptors (Lipinski definition) is 3. The first kappa shape index (κ1) is 16.0. The molecule has 0 spiro atoms. The summed E-state index contributed by atoms with van der Waals surface area (Å²) in [5.74, 6) is 0.0214. The number of amides is 2. The maximum Gasteiger partial charge on any atom is 0.337 e. The summed E-state index contributed by atoms with van der Waals surface area (Å²) in [5.41, 5.74) is 1.42. The molecule has 0 fully saturated rings. The Balaban J connectivity index is 2.46. The molecule has 20 heavy (non-hydrogen) atoms. The number of ether oxygens (including phenoxy) is 1. The second-order valence-electron chi connectivity index (χ2n) is 5.05. The number of methoxy groups -OCH3 is 1. The van der Waals surface area contributed by atoms with Crippen LogP contribution in [0.3, 0.4) is 0 Å². The van der Waals surface area contributed by atoms with E-state index in [2.05, 4.69) is 29.2 Å². The van der Waals surface area contributed by atoms with Crippen molar-refractivity contribution < 1.29 is 14.3 Å². The van der Waals surface area contributed by atoms with Gasteiger partial charge in [-0.2, -0.15) is 0 Å². The Morgan fingerprint density at radius 1 is 1.15 bits per heavy atom. The van der Waals surface area contributed by atoms with Crippen LogP contribution in [-0.4, -0.2) is 25.2 Å². The SMILES string of the molecule is COC(=O)c1ccc(CNC(=O)NC(C)C(C)C)cc1. The molecule has 0 saturated heterocycles. The summed E-state index contributed by atoms with van der Waals surface area (Å²) in [6, 6.07) is 6.87. The zero-order valence-corrected chi connectivity index (χ0v) is 12.4. The van der Waals surface area contributed by atoms with Gasteiger partial charge in [-0.05, 0) is 30.5 Å². The van der Waals surface area contributed by atoms with Crippen molar-refractivity contribution in [1.29, 1.82) is 0 Å². The minimum Gasteiger partial charge on any atom is -0.465 e. The molecule has 1 rings (SSSR count). The molecule has 5 heteroatoms. The van der Waals surface area contributed by atoms with Crippen LogP contribution >= 0.6 is 0 Å². The number of esters is 1.